The van der Waals surface area contributed by atoms with Crippen LogP contribution in [0, 0.1) is 0 Å². The highest BCUT2D eigenvalue weighted by atomic mass is 32.2. The second-order valence-electron chi connectivity index (χ2n) is 4.45. The Morgan fingerprint density at radius 1 is 1.29 bits per heavy atom. The lowest BCUT2D eigenvalue weighted by molar-refractivity contribution is 0.702. The number of hydrogen-bond donors (Lipinski definition) is 0. The third kappa shape index (κ3) is 1.63. The average Bonchev–Trinajstić information content (AvgIpc) is 2.77. The van der Waals surface area contributed by atoms with E-state index in [0.717, 1.165) is 33.8 Å². The summed E-state index contributed by atoms with van der Waals surface area (Å²) in [5.74, 6) is 1.01. The van der Waals surface area contributed by atoms with Crippen LogP contribution in [0.25, 0.3) is 10.8 Å². The van der Waals surface area contributed by atoms with Gasteiger partial charge < -0.3 is 9.47 Å². The number of thioether (sulfide) groups is 1. The summed E-state index contributed by atoms with van der Waals surface area (Å²) >= 11 is 1.76. The van der Waals surface area contributed by atoms with Gasteiger partial charge in [-0.3, -0.25) is 4.79 Å². The zero-order valence-corrected chi connectivity index (χ0v) is 10.8. The average molecular weight is 246 g/mol. The molecule has 1 aromatic carbocycles. The summed E-state index contributed by atoms with van der Waals surface area (Å²) in [5, 5.41) is 2.96. The summed E-state index contributed by atoms with van der Waals surface area (Å²) in [6, 6.07) is 8.19. The van der Waals surface area contributed by atoms with Gasteiger partial charge in [-0.25, -0.2) is 0 Å². The molecule has 0 radical (unpaired) electrons. The first-order valence-corrected chi connectivity index (χ1v) is 6.63. The van der Waals surface area contributed by atoms with Crippen LogP contribution in [0.5, 0.6) is 0 Å². The van der Waals surface area contributed by atoms with E-state index in [0.29, 0.717) is 0 Å². The van der Waals surface area contributed by atoms with Gasteiger partial charge >= 0.3 is 0 Å². The van der Waals surface area contributed by atoms with Crippen molar-refractivity contribution in [3.05, 3.63) is 34.6 Å². The van der Waals surface area contributed by atoms with Gasteiger partial charge in [0.25, 0.3) is 5.56 Å². The molecule has 3 rings (SSSR count). The van der Waals surface area contributed by atoms with Crippen LogP contribution in [0.3, 0.4) is 0 Å². The van der Waals surface area contributed by atoms with Gasteiger partial charge in [0.1, 0.15) is 0 Å². The van der Waals surface area contributed by atoms with E-state index in [2.05, 4.69) is 12.1 Å². The smallest absolute Gasteiger partial charge is 0.259 e. The Morgan fingerprint density at radius 2 is 2.12 bits per heavy atom. The molecule has 0 spiro atoms. The van der Waals surface area contributed by atoms with Crippen molar-refractivity contribution in [3.8, 4) is 0 Å². The number of nitrogens with zero attached hydrogens (tertiary/aromatic N) is 2. The van der Waals surface area contributed by atoms with E-state index < -0.39 is 0 Å². The van der Waals surface area contributed by atoms with Crippen molar-refractivity contribution in [2.24, 2.45) is 0 Å². The minimum atomic E-state index is 0.145. The first kappa shape index (κ1) is 10.7. The van der Waals surface area contributed by atoms with E-state index in [1.165, 1.54) is 0 Å². The molecule has 3 nitrogen and oxygen atoms in total. The van der Waals surface area contributed by atoms with Gasteiger partial charge in [0.2, 0.25) is 0 Å². The Bertz CT molecular complexity index is 646. The van der Waals surface area contributed by atoms with Crippen molar-refractivity contribution in [1.29, 1.82) is 0 Å². The molecule has 0 fully saturated rings. The summed E-state index contributed by atoms with van der Waals surface area (Å²) in [6.07, 6.45) is 0. The Labute approximate surface area is 104 Å². The highest BCUT2D eigenvalue weighted by Crippen LogP contribution is 2.27. The lowest BCUT2D eigenvalue weighted by atomic mass is 10.1. The predicted molar refractivity (Wildman–Crippen MR) is 73.3 cm³/mol. The van der Waals surface area contributed by atoms with Crippen LogP contribution < -0.4 is 10.5 Å². The normalized spacial score (nSPS) is 14.0. The third-order valence-corrected chi connectivity index (χ3v) is 4.16. The van der Waals surface area contributed by atoms with Gasteiger partial charge in [-0.05, 0) is 23.6 Å². The highest BCUT2D eigenvalue weighted by Gasteiger charge is 2.15. The number of pyridine rings is 1. The van der Waals surface area contributed by atoms with Gasteiger partial charge in [0, 0.05) is 37.5 Å². The molecule has 1 aliphatic rings. The number of anilines is 1. The molecule has 0 bridgehead atoms. The van der Waals surface area contributed by atoms with E-state index in [1.54, 1.807) is 11.8 Å². The van der Waals surface area contributed by atoms with E-state index >= 15 is 0 Å². The van der Waals surface area contributed by atoms with Gasteiger partial charge in [-0.2, -0.15) is 0 Å². The van der Waals surface area contributed by atoms with Crippen LogP contribution in [0.1, 0.15) is 0 Å². The first-order valence-electron chi connectivity index (χ1n) is 5.64. The Balaban J connectivity index is 2.33. The Morgan fingerprint density at radius 3 is 2.88 bits per heavy atom. The molecule has 2 heterocycles. The first-order chi connectivity index (χ1) is 8.16. The minimum absolute atomic E-state index is 0.145. The standard InChI is InChI=1S/C13H14N2OS/c1-14(2)10-4-3-9-7-12-15(5-6-17-12)13(16)11(9)8-10/h3-4,7-8H,5-6H2,1-2H3. The van der Waals surface area contributed by atoms with Gasteiger partial charge in [0.05, 0.1) is 5.03 Å². The number of benzene rings is 1. The quantitative estimate of drug-likeness (QED) is 0.771. The van der Waals surface area contributed by atoms with Crippen LogP contribution in [-0.2, 0) is 6.54 Å². The Kier molecular flexibility index (Phi) is 2.40. The molecule has 17 heavy (non-hydrogen) atoms. The van der Waals surface area contributed by atoms with Crippen LogP contribution in [-0.4, -0.2) is 24.4 Å². The molecule has 0 unspecified atom stereocenters. The third-order valence-electron chi connectivity index (χ3n) is 3.14. The van der Waals surface area contributed by atoms with Crippen LogP contribution >= 0.6 is 11.8 Å². The van der Waals surface area contributed by atoms with E-state index in [-0.39, 0.29) is 5.56 Å². The van der Waals surface area contributed by atoms with E-state index in [1.807, 2.05) is 35.7 Å². The topological polar surface area (TPSA) is 25.2 Å². The molecule has 0 saturated carbocycles. The lowest BCUT2D eigenvalue weighted by Gasteiger charge is -2.13. The second kappa shape index (κ2) is 3.81. The highest BCUT2D eigenvalue weighted by molar-refractivity contribution is 7.99. The summed E-state index contributed by atoms with van der Waals surface area (Å²) < 4.78 is 1.88. The SMILES string of the molecule is CN(C)c1ccc2cc3n(c(=O)c2c1)CCS3. The molecule has 2 aromatic rings. The molecule has 4 heteroatoms. The number of hydrogen-bond acceptors (Lipinski definition) is 3. The van der Waals surface area contributed by atoms with Crippen LogP contribution in [0.2, 0.25) is 0 Å². The number of rotatable bonds is 1. The van der Waals surface area contributed by atoms with Crippen molar-refractivity contribution in [2.45, 2.75) is 11.6 Å². The summed E-state index contributed by atoms with van der Waals surface area (Å²) in [4.78, 5) is 14.3. The van der Waals surface area contributed by atoms with Crippen molar-refractivity contribution in [1.82, 2.24) is 4.57 Å². The maximum atomic E-state index is 12.3. The van der Waals surface area contributed by atoms with Crippen LogP contribution in [0.4, 0.5) is 5.69 Å². The van der Waals surface area contributed by atoms with Crippen molar-refractivity contribution in [3.63, 3.8) is 0 Å². The monoisotopic (exact) mass is 246 g/mol. The summed E-state index contributed by atoms with van der Waals surface area (Å²) in [7, 11) is 3.98. The number of fused-ring (bicyclic) bond motifs is 2. The molecule has 0 saturated heterocycles. The van der Waals surface area contributed by atoms with Gasteiger partial charge in [0.15, 0.2) is 0 Å². The molecule has 1 aromatic heterocycles. The van der Waals surface area contributed by atoms with Crippen LogP contribution in [0.15, 0.2) is 34.1 Å². The zero-order chi connectivity index (χ0) is 12.0. The van der Waals surface area contributed by atoms with E-state index in [4.69, 9.17) is 0 Å². The lowest BCUT2D eigenvalue weighted by Crippen LogP contribution is -2.19. The van der Waals surface area contributed by atoms with Crippen molar-refractivity contribution in [2.75, 3.05) is 24.7 Å². The summed E-state index contributed by atoms with van der Waals surface area (Å²) in [5.41, 5.74) is 1.21. The number of aromatic nitrogens is 1. The molecule has 0 aliphatic carbocycles. The van der Waals surface area contributed by atoms with Crippen molar-refractivity contribution < 1.29 is 0 Å². The van der Waals surface area contributed by atoms with Crippen molar-refractivity contribution >= 4 is 28.2 Å². The molecule has 88 valence electrons. The largest absolute Gasteiger partial charge is 0.378 e. The molecular formula is C13H14N2OS. The molecule has 0 amide bonds. The minimum Gasteiger partial charge on any atom is -0.378 e. The molecule has 0 atom stereocenters. The fourth-order valence-electron chi connectivity index (χ4n) is 2.16. The fraction of sp³-hybridized carbons (Fsp3) is 0.308. The molecule has 1 aliphatic heterocycles. The second-order valence-corrected chi connectivity index (χ2v) is 5.57. The summed E-state index contributed by atoms with van der Waals surface area (Å²) in [6.45, 7) is 0.834. The maximum Gasteiger partial charge on any atom is 0.259 e. The maximum absolute atomic E-state index is 12.3. The predicted octanol–water partition coefficient (Wildman–Crippen LogP) is 2.17. The van der Waals surface area contributed by atoms with Gasteiger partial charge in [-0.15, -0.1) is 11.8 Å². The zero-order valence-electron chi connectivity index (χ0n) is 9.93. The van der Waals surface area contributed by atoms with Gasteiger partial charge in [-0.1, -0.05) is 6.07 Å². The fourth-order valence-corrected chi connectivity index (χ4v) is 3.19. The Hall–Kier alpha value is -1.42. The van der Waals surface area contributed by atoms with E-state index in [9.17, 15) is 4.79 Å². The molecular weight excluding hydrogens is 232 g/mol. The molecule has 0 N–H and O–H groups in total.